The molecular formula is C15H33N6O-. The molecule has 2 aliphatic heterocycles. The molecule has 0 aromatic heterocycles. The van der Waals surface area contributed by atoms with Crippen LogP contribution in [0.1, 0.15) is 0 Å². The molecule has 22 heavy (non-hydrogen) atoms. The Bertz CT molecular complexity index is 337. The molecule has 0 bridgehead atoms. The zero-order valence-electron chi connectivity index (χ0n) is 17.6. The van der Waals surface area contributed by atoms with E-state index < -0.39 is 6.10 Å². The van der Waals surface area contributed by atoms with Gasteiger partial charge in [0.15, 0.2) is 0 Å². The second kappa shape index (κ2) is 11.3. The largest absolute Gasteiger partial charge is 0.850 e. The Kier molecular flexibility index (Phi) is 6.70. The Morgan fingerprint density at radius 2 is 1.00 bits per heavy atom. The summed E-state index contributed by atoms with van der Waals surface area (Å²) >= 11 is 0. The summed E-state index contributed by atoms with van der Waals surface area (Å²) in [5.74, 6) is 0. The van der Waals surface area contributed by atoms with E-state index in [1.54, 1.807) is 0 Å². The van der Waals surface area contributed by atoms with E-state index in [-0.39, 0.29) is 0 Å². The lowest BCUT2D eigenvalue weighted by Gasteiger charge is -2.35. The maximum atomic E-state index is 12.6. The van der Waals surface area contributed by atoms with Gasteiger partial charge in [0.1, 0.15) is 5.65 Å². The fourth-order valence-electron chi connectivity index (χ4n) is 2.80. The van der Waals surface area contributed by atoms with Crippen molar-refractivity contribution in [3.63, 3.8) is 0 Å². The normalized spacial score (nSPS) is 31.0. The maximum absolute atomic E-state index is 12.6. The molecule has 2 heterocycles. The zero-order valence-corrected chi connectivity index (χ0v) is 13.6. The molecular weight excluding hydrogens is 280 g/mol. The minimum atomic E-state index is -0.770. The van der Waals surface area contributed by atoms with Gasteiger partial charge in [-0.05, 0) is 13.1 Å². The maximum Gasteiger partial charge on any atom is 0.122 e. The fourth-order valence-corrected chi connectivity index (χ4v) is 2.80. The highest BCUT2D eigenvalue weighted by Gasteiger charge is 2.12. The minimum absolute atomic E-state index is 0.410. The molecule has 0 aromatic carbocycles. The third-order valence-corrected chi connectivity index (χ3v) is 4.05. The molecule has 7 heteroatoms. The van der Waals surface area contributed by atoms with Crippen molar-refractivity contribution in [2.45, 2.75) is 6.10 Å². The first-order chi connectivity index (χ1) is 12.4. The first kappa shape index (κ1) is 13.1. The van der Waals surface area contributed by atoms with Crippen molar-refractivity contribution < 1.29 is 10.8 Å². The molecule has 0 unspecified atom stereocenters. The van der Waals surface area contributed by atoms with E-state index in [1.807, 2.05) is 0 Å². The zero-order chi connectivity index (χ0) is 18.9. The second-order valence-electron chi connectivity index (χ2n) is 5.91. The van der Waals surface area contributed by atoms with E-state index in [9.17, 15) is 5.11 Å². The fraction of sp³-hybridized carbons (Fsp3) is 1.00. The van der Waals surface area contributed by atoms with Gasteiger partial charge in [0.25, 0.3) is 0 Å². The molecule has 0 saturated carbocycles. The lowest BCUT2D eigenvalue weighted by atomic mass is 10.2. The monoisotopic (exact) mass is 317 g/mol. The van der Waals surface area contributed by atoms with E-state index >= 15 is 0 Å². The van der Waals surface area contributed by atoms with Crippen LogP contribution in [0, 0.1) is 0 Å². The van der Waals surface area contributed by atoms with E-state index in [2.05, 4.69) is 9.80 Å². The molecule has 2 aliphatic rings. The summed E-state index contributed by atoms with van der Waals surface area (Å²) in [5.41, 5.74) is 0. The van der Waals surface area contributed by atoms with Crippen LogP contribution in [0.15, 0.2) is 0 Å². The van der Waals surface area contributed by atoms with Crippen molar-refractivity contribution in [2.24, 2.45) is 0 Å². The van der Waals surface area contributed by atoms with Crippen molar-refractivity contribution in [1.82, 2.24) is 31.0 Å². The SMILES string of the molecule is [2H]N1CCN([2H])CCN(CC([O-])CN2CCN([2H])CCN([2H])CC2)CC1. The van der Waals surface area contributed by atoms with Gasteiger partial charge in [-0.25, -0.2) is 0 Å². The van der Waals surface area contributed by atoms with Crippen LogP contribution in [0.25, 0.3) is 0 Å². The first-order valence-electron chi connectivity index (χ1n) is 10.3. The van der Waals surface area contributed by atoms with E-state index in [4.69, 9.17) is 5.65 Å². The molecule has 0 radical (unpaired) electrons. The highest BCUT2D eigenvalue weighted by Crippen LogP contribution is 1.96. The molecule has 2 saturated heterocycles. The van der Waals surface area contributed by atoms with Crippen LogP contribution in [0.4, 0.5) is 0 Å². The third kappa shape index (κ3) is 7.82. The van der Waals surface area contributed by atoms with Crippen LogP contribution in [0.5, 0.6) is 0 Å². The number of hydrogen-bond acceptors (Lipinski definition) is 7. The van der Waals surface area contributed by atoms with Crippen molar-refractivity contribution in [2.75, 3.05) is 91.6 Å². The Labute approximate surface area is 140 Å². The standard InChI is InChI=1S/C15H33N6O/c22-15(13-20-9-5-16-1-2-17-6-10-20)14-21-11-7-18-3-4-19-8-12-21/h15-19H,1-14H2/q-1/i/hD4. The predicted octanol–water partition coefficient (Wildman–Crippen LogP) is -3.30. The molecule has 0 spiro atoms. The summed E-state index contributed by atoms with van der Waals surface area (Å²) < 4.78 is 31.4. The summed E-state index contributed by atoms with van der Waals surface area (Å²) in [7, 11) is 0. The molecule has 2 rings (SSSR count). The van der Waals surface area contributed by atoms with E-state index in [0.717, 1.165) is 0 Å². The van der Waals surface area contributed by atoms with Crippen LogP contribution in [-0.2, 0) is 0 Å². The molecule has 0 aliphatic carbocycles. The van der Waals surface area contributed by atoms with Gasteiger partial charge < -0.3 is 36.1 Å². The average molecular weight is 317 g/mol. The first-order valence-corrected chi connectivity index (χ1v) is 8.48. The highest BCUT2D eigenvalue weighted by molar-refractivity contribution is 4.73. The Hall–Kier alpha value is -0.280. The van der Waals surface area contributed by atoms with E-state index in [0.29, 0.717) is 91.6 Å². The lowest BCUT2D eigenvalue weighted by molar-refractivity contribution is -0.423. The summed E-state index contributed by atoms with van der Waals surface area (Å²) in [4.78, 5) is 4.13. The van der Waals surface area contributed by atoms with Crippen LogP contribution in [-0.4, -0.2) is 108 Å². The molecule has 0 aromatic rings. The third-order valence-electron chi connectivity index (χ3n) is 4.05. The van der Waals surface area contributed by atoms with Gasteiger partial charge in [-0.15, -0.1) is 6.10 Å². The average Bonchev–Trinajstić information content (AvgIpc) is 2.73. The van der Waals surface area contributed by atoms with Gasteiger partial charge in [-0.3, -0.25) is 0 Å². The number of rotatable bonds is 4. The predicted molar refractivity (Wildman–Crippen MR) is 88.1 cm³/mol. The van der Waals surface area contributed by atoms with E-state index in [1.165, 1.54) is 21.2 Å². The van der Waals surface area contributed by atoms with Crippen molar-refractivity contribution in [3.8, 4) is 0 Å². The van der Waals surface area contributed by atoms with Crippen molar-refractivity contribution in [3.05, 3.63) is 0 Å². The van der Waals surface area contributed by atoms with Crippen molar-refractivity contribution >= 4 is 0 Å². The highest BCUT2D eigenvalue weighted by atomic mass is 16.3. The van der Waals surface area contributed by atoms with Gasteiger partial charge in [0.2, 0.25) is 0 Å². The Morgan fingerprint density at radius 1 is 0.682 bits per heavy atom. The van der Waals surface area contributed by atoms with Gasteiger partial charge in [0.05, 0.1) is 0 Å². The molecule has 4 N–H and O–H groups in total. The van der Waals surface area contributed by atoms with Crippen LogP contribution in [0.2, 0.25) is 5.65 Å². The smallest absolute Gasteiger partial charge is 0.122 e. The topological polar surface area (TPSA) is 77.7 Å². The summed E-state index contributed by atoms with van der Waals surface area (Å²) in [5, 5.41) is 18.5. The minimum Gasteiger partial charge on any atom is -0.850 e. The number of nitrogens with zero attached hydrogens (tertiary/aromatic N) is 2. The molecule has 0 amide bonds. The van der Waals surface area contributed by atoms with Crippen molar-refractivity contribution in [1.29, 1.82) is 0 Å². The van der Waals surface area contributed by atoms with Crippen LogP contribution >= 0.6 is 0 Å². The van der Waals surface area contributed by atoms with Crippen LogP contribution in [0.3, 0.4) is 0 Å². The molecule has 130 valence electrons. The summed E-state index contributed by atoms with van der Waals surface area (Å²) in [6.45, 7) is 8.11. The van der Waals surface area contributed by atoms with Gasteiger partial charge >= 0.3 is 0 Å². The van der Waals surface area contributed by atoms with Gasteiger partial charge in [0, 0.05) is 78.5 Å². The second-order valence-corrected chi connectivity index (χ2v) is 5.91. The van der Waals surface area contributed by atoms with Gasteiger partial charge in [-0.1, -0.05) is 0 Å². The molecule has 0 atom stereocenters. The molecule has 2 fully saturated rings. The Morgan fingerprint density at radius 3 is 1.32 bits per heavy atom. The Balaban J connectivity index is 1.81. The quantitative estimate of drug-likeness (QED) is 0.433. The lowest BCUT2D eigenvalue weighted by Crippen LogP contribution is -2.50. The summed E-state index contributed by atoms with van der Waals surface area (Å²) in [6, 6.07) is 0. The summed E-state index contributed by atoms with van der Waals surface area (Å²) in [6.07, 6.45) is -0.770. The van der Waals surface area contributed by atoms with Crippen LogP contribution < -0.4 is 26.3 Å². The number of hydrogen-bond donors (Lipinski definition) is 4. The van der Waals surface area contributed by atoms with Gasteiger partial charge in [-0.2, -0.15) is 0 Å². The number of nitrogens with one attached hydrogen (secondary N) is 4. The molecule has 7 nitrogen and oxygen atoms in total.